The molecule has 2 amide bonds. The van der Waals surface area contributed by atoms with Gasteiger partial charge < -0.3 is 21.1 Å². The van der Waals surface area contributed by atoms with Crippen molar-refractivity contribution in [3.63, 3.8) is 0 Å². The molecule has 4 N–H and O–H groups in total. The molecule has 24 heavy (non-hydrogen) atoms. The van der Waals surface area contributed by atoms with E-state index in [9.17, 15) is 9.59 Å². The zero-order chi connectivity index (χ0) is 16.7. The van der Waals surface area contributed by atoms with E-state index in [-0.39, 0.29) is 24.2 Å². The van der Waals surface area contributed by atoms with E-state index in [4.69, 9.17) is 10.5 Å². The second-order valence-electron chi connectivity index (χ2n) is 5.88. The van der Waals surface area contributed by atoms with Crippen LogP contribution in [-0.2, 0) is 16.0 Å². The van der Waals surface area contributed by atoms with Gasteiger partial charge in [-0.05, 0) is 37.0 Å². The molecular weight excluding hydrogens is 330 g/mol. The Morgan fingerprint density at radius 3 is 2.62 bits per heavy atom. The van der Waals surface area contributed by atoms with Crippen LogP contribution in [0, 0.1) is 5.41 Å². The van der Waals surface area contributed by atoms with Gasteiger partial charge in [-0.15, -0.1) is 12.4 Å². The maximum Gasteiger partial charge on any atom is 0.251 e. The van der Waals surface area contributed by atoms with Gasteiger partial charge in [0.15, 0.2) is 0 Å². The molecule has 0 saturated carbocycles. The lowest BCUT2D eigenvalue weighted by Gasteiger charge is -2.34. The van der Waals surface area contributed by atoms with E-state index in [0.717, 1.165) is 5.56 Å². The van der Waals surface area contributed by atoms with Gasteiger partial charge in [0.1, 0.15) is 0 Å². The predicted octanol–water partition coefficient (Wildman–Crippen LogP) is 0.882. The predicted molar refractivity (Wildman–Crippen MR) is 95.3 cm³/mol. The van der Waals surface area contributed by atoms with Crippen LogP contribution in [0.1, 0.15) is 28.8 Å². The van der Waals surface area contributed by atoms with E-state index in [0.29, 0.717) is 51.1 Å². The quantitative estimate of drug-likeness (QED) is 0.706. The zero-order valence-corrected chi connectivity index (χ0v) is 14.8. The monoisotopic (exact) mass is 355 g/mol. The van der Waals surface area contributed by atoms with Crippen LogP contribution in [0.25, 0.3) is 0 Å². The Bertz CT molecular complexity index is 560. The van der Waals surface area contributed by atoms with Gasteiger partial charge in [0.2, 0.25) is 5.91 Å². The first-order chi connectivity index (χ1) is 11.1. The molecule has 1 aliphatic heterocycles. The zero-order valence-electron chi connectivity index (χ0n) is 14.0. The van der Waals surface area contributed by atoms with E-state index in [1.165, 1.54) is 0 Å². The van der Waals surface area contributed by atoms with Gasteiger partial charge in [-0.25, -0.2) is 0 Å². The molecule has 0 unspecified atom stereocenters. The minimum atomic E-state index is -0.498. The van der Waals surface area contributed by atoms with Gasteiger partial charge in [-0.1, -0.05) is 12.1 Å². The molecule has 1 heterocycles. The first-order valence-electron chi connectivity index (χ1n) is 7.98. The van der Waals surface area contributed by atoms with Crippen molar-refractivity contribution in [2.75, 3.05) is 33.4 Å². The number of carbonyl (C=O) groups is 2. The van der Waals surface area contributed by atoms with Crippen LogP contribution >= 0.6 is 12.4 Å². The largest absolute Gasteiger partial charge is 0.381 e. The molecule has 1 aliphatic rings. The van der Waals surface area contributed by atoms with E-state index in [1.54, 1.807) is 13.1 Å². The van der Waals surface area contributed by atoms with Crippen molar-refractivity contribution in [1.29, 1.82) is 0 Å². The molecule has 134 valence electrons. The first kappa shape index (κ1) is 20.4. The molecule has 1 aromatic rings. The number of amides is 2. The summed E-state index contributed by atoms with van der Waals surface area (Å²) < 4.78 is 5.32. The van der Waals surface area contributed by atoms with Crippen LogP contribution in [0.4, 0.5) is 0 Å². The van der Waals surface area contributed by atoms with Crippen molar-refractivity contribution >= 4 is 24.2 Å². The molecule has 0 radical (unpaired) electrons. The molecule has 0 aliphatic carbocycles. The van der Waals surface area contributed by atoms with Crippen LogP contribution in [0.15, 0.2) is 24.3 Å². The van der Waals surface area contributed by atoms with Gasteiger partial charge in [0.05, 0.1) is 5.41 Å². The normalized spacial score (nSPS) is 15.9. The summed E-state index contributed by atoms with van der Waals surface area (Å²) >= 11 is 0. The molecule has 1 aromatic carbocycles. The number of hydrogen-bond acceptors (Lipinski definition) is 4. The van der Waals surface area contributed by atoms with E-state index >= 15 is 0 Å². The average Bonchev–Trinajstić information content (AvgIpc) is 2.61. The minimum absolute atomic E-state index is 0. The highest BCUT2D eigenvalue weighted by Gasteiger charge is 2.38. The molecule has 2 rings (SSSR count). The highest BCUT2D eigenvalue weighted by Crippen LogP contribution is 2.29. The second kappa shape index (κ2) is 9.61. The number of benzene rings is 1. The van der Waals surface area contributed by atoms with Crippen LogP contribution in [0.5, 0.6) is 0 Å². The summed E-state index contributed by atoms with van der Waals surface area (Å²) in [6.07, 6.45) is 2.01. The van der Waals surface area contributed by atoms with Gasteiger partial charge >= 0.3 is 0 Å². The summed E-state index contributed by atoms with van der Waals surface area (Å²) in [7, 11) is 1.61. The van der Waals surface area contributed by atoms with Gasteiger partial charge in [0.25, 0.3) is 5.91 Å². The van der Waals surface area contributed by atoms with Crippen molar-refractivity contribution < 1.29 is 14.3 Å². The maximum atomic E-state index is 12.5. The van der Waals surface area contributed by atoms with Crippen molar-refractivity contribution in [2.24, 2.45) is 11.1 Å². The third-order valence-corrected chi connectivity index (χ3v) is 4.44. The van der Waals surface area contributed by atoms with Crippen molar-refractivity contribution in [3.05, 3.63) is 35.4 Å². The fourth-order valence-electron chi connectivity index (χ4n) is 2.81. The maximum absolute atomic E-state index is 12.5. The highest BCUT2D eigenvalue weighted by molar-refractivity contribution is 5.94. The lowest BCUT2D eigenvalue weighted by molar-refractivity contribution is -0.135. The molecule has 0 atom stereocenters. The Balaban J connectivity index is 0.00000288. The molecular formula is C17H26ClN3O3. The number of nitrogens with one attached hydrogen (secondary N) is 2. The Kier molecular flexibility index (Phi) is 8.18. The number of hydrogen-bond donors (Lipinski definition) is 3. The molecule has 0 aromatic heterocycles. The van der Waals surface area contributed by atoms with Crippen LogP contribution < -0.4 is 16.4 Å². The standard InChI is InChI=1S/C17H25N3O3.ClH/c1-19-15(21)14-4-2-3-13(11-14)5-8-20-16(22)17(12-18)6-9-23-10-7-17;/h2-4,11H,5-10,12,18H2,1H3,(H,19,21)(H,20,22);1H. The lowest BCUT2D eigenvalue weighted by Crippen LogP contribution is -2.49. The summed E-state index contributed by atoms with van der Waals surface area (Å²) in [5, 5.41) is 5.58. The van der Waals surface area contributed by atoms with E-state index < -0.39 is 5.41 Å². The summed E-state index contributed by atoms with van der Waals surface area (Å²) in [5.74, 6) is -0.106. The first-order valence-corrected chi connectivity index (χ1v) is 7.98. The van der Waals surface area contributed by atoms with Crippen LogP contribution in [0.2, 0.25) is 0 Å². The van der Waals surface area contributed by atoms with Gasteiger partial charge in [-0.3, -0.25) is 9.59 Å². The number of nitrogens with two attached hydrogens (primary N) is 1. The molecule has 7 heteroatoms. The van der Waals surface area contributed by atoms with Gasteiger partial charge in [-0.2, -0.15) is 0 Å². The van der Waals surface area contributed by atoms with Crippen LogP contribution in [-0.4, -0.2) is 45.2 Å². The molecule has 1 saturated heterocycles. The van der Waals surface area contributed by atoms with Gasteiger partial charge in [0, 0.05) is 38.9 Å². The number of ether oxygens (including phenoxy) is 1. The number of halogens is 1. The summed E-state index contributed by atoms with van der Waals surface area (Å²) in [6.45, 7) is 2.03. The van der Waals surface area contributed by atoms with E-state index in [1.807, 2.05) is 18.2 Å². The molecule has 0 bridgehead atoms. The molecule has 1 fully saturated rings. The molecule has 0 spiro atoms. The second-order valence-corrected chi connectivity index (χ2v) is 5.88. The summed E-state index contributed by atoms with van der Waals surface area (Å²) in [4.78, 5) is 24.1. The third kappa shape index (κ3) is 4.93. The summed E-state index contributed by atoms with van der Waals surface area (Å²) in [6, 6.07) is 7.41. The topological polar surface area (TPSA) is 93.5 Å². The Hall–Kier alpha value is -1.63. The summed E-state index contributed by atoms with van der Waals surface area (Å²) in [5.41, 5.74) is 6.97. The van der Waals surface area contributed by atoms with Crippen molar-refractivity contribution in [2.45, 2.75) is 19.3 Å². The Morgan fingerprint density at radius 1 is 1.29 bits per heavy atom. The average molecular weight is 356 g/mol. The van der Waals surface area contributed by atoms with Crippen LogP contribution in [0.3, 0.4) is 0 Å². The fourth-order valence-corrected chi connectivity index (χ4v) is 2.81. The third-order valence-electron chi connectivity index (χ3n) is 4.44. The molecule has 6 nitrogen and oxygen atoms in total. The fraction of sp³-hybridized carbons (Fsp3) is 0.529. The van der Waals surface area contributed by atoms with Crippen molar-refractivity contribution in [1.82, 2.24) is 10.6 Å². The minimum Gasteiger partial charge on any atom is -0.381 e. The number of carbonyl (C=O) groups excluding carboxylic acids is 2. The smallest absolute Gasteiger partial charge is 0.251 e. The lowest BCUT2D eigenvalue weighted by atomic mass is 9.79. The Labute approximate surface area is 148 Å². The highest BCUT2D eigenvalue weighted by atomic mass is 35.5. The van der Waals surface area contributed by atoms with E-state index in [2.05, 4.69) is 10.6 Å². The SMILES string of the molecule is CNC(=O)c1cccc(CCNC(=O)C2(CN)CCOCC2)c1.Cl. The Morgan fingerprint density at radius 2 is 2.00 bits per heavy atom. The van der Waals surface area contributed by atoms with Crippen molar-refractivity contribution in [3.8, 4) is 0 Å². The number of rotatable bonds is 6.